The first-order valence-electron chi connectivity index (χ1n) is 6.49. The zero-order valence-corrected chi connectivity index (χ0v) is 11.2. The molecular formula is C12H25N3O2. The molecule has 5 heteroatoms. The average Bonchev–Trinajstić information content (AvgIpc) is 2.39. The van der Waals surface area contributed by atoms with Gasteiger partial charge in [0.15, 0.2) is 0 Å². The first-order valence-corrected chi connectivity index (χ1v) is 6.49. The molecule has 1 amide bonds. The number of rotatable bonds is 6. The molecule has 0 saturated carbocycles. The van der Waals surface area contributed by atoms with Gasteiger partial charge in [-0.05, 0) is 13.1 Å². The highest BCUT2D eigenvalue weighted by atomic mass is 16.5. The fourth-order valence-corrected chi connectivity index (χ4v) is 2.05. The van der Waals surface area contributed by atoms with Gasteiger partial charge in [-0.3, -0.25) is 9.69 Å². The average molecular weight is 243 g/mol. The third kappa shape index (κ3) is 4.61. The Labute approximate surface area is 104 Å². The quantitative estimate of drug-likeness (QED) is 0.700. The van der Waals surface area contributed by atoms with Crippen molar-refractivity contribution < 1.29 is 9.53 Å². The van der Waals surface area contributed by atoms with Gasteiger partial charge in [0.1, 0.15) is 6.10 Å². The van der Waals surface area contributed by atoms with Crippen LogP contribution in [0.2, 0.25) is 0 Å². The second-order valence-corrected chi connectivity index (χ2v) is 4.30. The SMILES string of the molecule is CCN(CC)CCN1CCO[C@@H](C(=O)NC)C1. The van der Waals surface area contributed by atoms with E-state index in [9.17, 15) is 4.79 Å². The minimum absolute atomic E-state index is 0.0162. The molecule has 0 radical (unpaired) electrons. The van der Waals surface area contributed by atoms with Crippen molar-refractivity contribution in [3.8, 4) is 0 Å². The van der Waals surface area contributed by atoms with Crippen LogP contribution >= 0.6 is 0 Å². The number of carbonyl (C=O) groups excluding carboxylic acids is 1. The van der Waals surface area contributed by atoms with Gasteiger partial charge in [0, 0.05) is 33.2 Å². The molecule has 1 N–H and O–H groups in total. The van der Waals surface area contributed by atoms with Gasteiger partial charge >= 0.3 is 0 Å². The molecule has 0 unspecified atom stereocenters. The van der Waals surface area contributed by atoms with Crippen molar-refractivity contribution in [3.05, 3.63) is 0 Å². The second kappa shape index (κ2) is 7.63. The molecule has 1 rings (SSSR count). The number of morpholine rings is 1. The molecule has 0 aromatic rings. The lowest BCUT2D eigenvalue weighted by molar-refractivity contribution is -0.138. The summed E-state index contributed by atoms with van der Waals surface area (Å²) in [4.78, 5) is 16.2. The smallest absolute Gasteiger partial charge is 0.250 e. The molecule has 1 fully saturated rings. The summed E-state index contributed by atoms with van der Waals surface area (Å²) in [5, 5.41) is 2.64. The Morgan fingerprint density at radius 1 is 1.47 bits per heavy atom. The zero-order chi connectivity index (χ0) is 12.7. The maximum absolute atomic E-state index is 11.5. The Bertz CT molecular complexity index is 232. The minimum atomic E-state index is -0.301. The van der Waals surface area contributed by atoms with Crippen molar-refractivity contribution in [1.82, 2.24) is 15.1 Å². The Morgan fingerprint density at radius 3 is 2.76 bits per heavy atom. The van der Waals surface area contributed by atoms with E-state index in [-0.39, 0.29) is 12.0 Å². The molecule has 1 aliphatic heterocycles. The molecule has 0 aromatic heterocycles. The van der Waals surface area contributed by atoms with Crippen LogP contribution in [0.15, 0.2) is 0 Å². The van der Waals surface area contributed by atoms with E-state index in [4.69, 9.17) is 4.74 Å². The summed E-state index contributed by atoms with van der Waals surface area (Å²) in [6.07, 6.45) is -0.301. The number of hydrogen-bond donors (Lipinski definition) is 1. The molecule has 1 aliphatic rings. The number of likely N-dealkylation sites (N-methyl/N-ethyl adjacent to an activating group) is 2. The van der Waals surface area contributed by atoms with E-state index in [1.807, 2.05) is 0 Å². The van der Waals surface area contributed by atoms with Gasteiger partial charge in [-0.1, -0.05) is 13.8 Å². The van der Waals surface area contributed by atoms with Gasteiger partial charge in [-0.15, -0.1) is 0 Å². The number of nitrogens with one attached hydrogen (secondary N) is 1. The lowest BCUT2D eigenvalue weighted by atomic mass is 10.2. The van der Waals surface area contributed by atoms with Crippen LogP contribution in [-0.2, 0) is 9.53 Å². The fraction of sp³-hybridized carbons (Fsp3) is 0.917. The third-order valence-corrected chi connectivity index (χ3v) is 3.32. The summed E-state index contributed by atoms with van der Waals surface area (Å²) in [5.74, 6) is -0.0162. The first-order chi connectivity index (χ1) is 8.21. The lowest BCUT2D eigenvalue weighted by Crippen LogP contribution is -2.50. The second-order valence-electron chi connectivity index (χ2n) is 4.30. The lowest BCUT2D eigenvalue weighted by Gasteiger charge is -2.33. The van der Waals surface area contributed by atoms with Gasteiger partial charge in [0.2, 0.25) is 5.91 Å². The molecule has 0 aromatic carbocycles. The third-order valence-electron chi connectivity index (χ3n) is 3.32. The van der Waals surface area contributed by atoms with Crippen molar-refractivity contribution in [2.75, 3.05) is 52.9 Å². The van der Waals surface area contributed by atoms with Crippen LogP contribution in [0, 0.1) is 0 Å². The van der Waals surface area contributed by atoms with E-state index in [1.165, 1.54) is 0 Å². The predicted octanol–water partition coefficient (Wildman–Crippen LogP) is -0.225. The highest BCUT2D eigenvalue weighted by molar-refractivity contribution is 5.80. The summed E-state index contributed by atoms with van der Waals surface area (Å²) in [7, 11) is 1.65. The first kappa shape index (κ1) is 14.4. The van der Waals surface area contributed by atoms with Crippen LogP contribution in [0.25, 0.3) is 0 Å². The number of nitrogens with zero attached hydrogens (tertiary/aromatic N) is 2. The molecule has 17 heavy (non-hydrogen) atoms. The maximum Gasteiger partial charge on any atom is 0.250 e. The molecular weight excluding hydrogens is 218 g/mol. The van der Waals surface area contributed by atoms with E-state index >= 15 is 0 Å². The normalized spacial score (nSPS) is 21.8. The largest absolute Gasteiger partial charge is 0.366 e. The van der Waals surface area contributed by atoms with Gasteiger partial charge in [0.05, 0.1) is 6.61 Å². The fourth-order valence-electron chi connectivity index (χ4n) is 2.05. The molecule has 1 atom stereocenters. The van der Waals surface area contributed by atoms with Crippen LogP contribution < -0.4 is 5.32 Å². The summed E-state index contributed by atoms with van der Waals surface area (Å²) in [5.41, 5.74) is 0. The molecule has 1 heterocycles. The standard InChI is InChI=1S/C12H25N3O2/c1-4-14(5-2)6-7-15-8-9-17-11(10-15)12(16)13-3/h11H,4-10H2,1-3H3,(H,13,16)/t11-/m1/s1. The molecule has 0 aliphatic carbocycles. The topological polar surface area (TPSA) is 44.8 Å². The number of amides is 1. The van der Waals surface area contributed by atoms with Crippen LogP contribution in [0.4, 0.5) is 0 Å². The summed E-state index contributed by atoms with van der Waals surface area (Å²) < 4.78 is 5.45. The van der Waals surface area contributed by atoms with Gasteiger partial charge in [-0.25, -0.2) is 0 Å². The number of hydrogen-bond acceptors (Lipinski definition) is 4. The van der Waals surface area contributed by atoms with Crippen molar-refractivity contribution in [3.63, 3.8) is 0 Å². The van der Waals surface area contributed by atoms with Crippen LogP contribution in [0.1, 0.15) is 13.8 Å². The highest BCUT2D eigenvalue weighted by Gasteiger charge is 2.25. The van der Waals surface area contributed by atoms with Gasteiger partial charge < -0.3 is 15.0 Å². The van der Waals surface area contributed by atoms with Crippen LogP contribution in [0.3, 0.4) is 0 Å². The molecule has 1 saturated heterocycles. The zero-order valence-electron chi connectivity index (χ0n) is 11.2. The Balaban J connectivity index is 2.31. The Kier molecular flexibility index (Phi) is 6.47. The number of carbonyl (C=O) groups is 1. The van der Waals surface area contributed by atoms with Crippen molar-refractivity contribution >= 4 is 5.91 Å². The van der Waals surface area contributed by atoms with E-state index in [1.54, 1.807) is 7.05 Å². The van der Waals surface area contributed by atoms with E-state index in [0.717, 1.165) is 32.7 Å². The molecule has 100 valence electrons. The molecule has 0 bridgehead atoms. The Morgan fingerprint density at radius 2 is 2.18 bits per heavy atom. The van der Waals surface area contributed by atoms with Crippen LogP contribution in [-0.4, -0.2) is 74.7 Å². The minimum Gasteiger partial charge on any atom is -0.366 e. The van der Waals surface area contributed by atoms with E-state index in [2.05, 4.69) is 29.0 Å². The Hall–Kier alpha value is -0.650. The van der Waals surface area contributed by atoms with E-state index in [0.29, 0.717) is 13.2 Å². The number of ether oxygens (including phenoxy) is 1. The van der Waals surface area contributed by atoms with Gasteiger partial charge in [0.25, 0.3) is 0 Å². The summed E-state index contributed by atoms with van der Waals surface area (Å²) >= 11 is 0. The van der Waals surface area contributed by atoms with Crippen molar-refractivity contribution in [2.45, 2.75) is 20.0 Å². The summed E-state index contributed by atoms with van der Waals surface area (Å²) in [6.45, 7) is 10.9. The van der Waals surface area contributed by atoms with Crippen molar-refractivity contribution in [1.29, 1.82) is 0 Å². The molecule has 5 nitrogen and oxygen atoms in total. The molecule has 0 spiro atoms. The monoisotopic (exact) mass is 243 g/mol. The summed E-state index contributed by atoms with van der Waals surface area (Å²) in [6, 6.07) is 0. The van der Waals surface area contributed by atoms with Crippen molar-refractivity contribution in [2.24, 2.45) is 0 Å². The van der Waals surface area contributed by atoms with Gasteiger partial charge in [-0.2, -0.15) is 0 Å². The maximum atomic E-state index is 11.5. The predicted molar refractivity (Wildman–Crippen MR) is 68.0 cm³/mol. The highest BCUT2D eigenvalue weighted by Crippen LogP contribution is 2.05. The van der Waals surface area contributed by atoms with Crippen LogP contribution in [0.5, 0.6) is 0 Å². The van der Waals surface area contributed by atoms with E-state index < -0.39 is 0 Å².